The predicted molar refractivity (Wildman–Crippen MR) is 98.9 cm³/mol. The van der Waals surface area contributed by atoms with Crippen molar-refractivity contribution >= 4 is 29.1 Å². The van der Waals surface area contributed by atoms with Crippen molar-refractivity contribution in [3.63, 3.8) is 0 Å². The van der Waals surface area contributed by atoms with E-state index in [2.05, 4.69) is 9.80 Å². The van der Waals surface area contributed by atoms with Gasteiger partial charge in [0.15, 0.2) is 0 Å². The third-order valence-corrected chi connectivity index (χ3v) is 5.25. The molecule has 2 amide bonds. The summed E-state index contributed by atoms with van der Waals surface area (Å²) in [6, 6.07) is 7.90. The standard InChI is InChI=1S/C18H25ClN4O2/c1-15(24)21-10-12-23(13-11-21)18(25)14-20-6-8-22(9-7-20)17-4-2-16(19)3-5-17/h2-5H,6-14H2,1H3. The predicted octanol–water partition coefficient (Wildman–Crippen LogP) is 1.15. The minimum Gasteiger partial charge on any atom is -0.369 e. The van der Waals surface area contributed by atoms with E-state index in [1.165, 1.54) is 5.69 Å². The summed E-state index contributed by atoms with van der Waals surface area (Å²) >= 11 is 5.94. The van der Waals surface area contributed by atoms with Crippen LogP contribution in [0.15, 0.2) is 24.3 Å². The fourth-order valence-electron chi connectivity index (χ4n) is 3.38. The third-order valence-electron chi connectivity index (χ3n) is 5.00. The lowest BCUT2D eigenvalue weighted by molar-refractivity contribution is -0.139. The summed E-state index contributed by atoms with van der Waals surface area (Å²) in [5.74, 6) is 0.258. The highest BCUT2D eigenvalue weighted by molar-refractivity contribution is 6.30. The highest BCUT2D eigenvalue weighted by Crippen LogP contribution is 2.19. The van der Waals surface area contributed by atoms with Crippen molar-refractivity contribution in [2.75, 3.05) is 63.8 Å². The second-order valence-corrected chi connectivity index (χ2v) is 7.06. The van der Waals surface area contributed by atoms with Gasteiger partial charge in [-0.1, -0.05) is 11.6 Å². The number of rotatable bonds is 3. The van der Waals surface area contributed by atoms with E-state index in [9.17, 15) is 9.59 Å². The first-order chi connectivity index (χ1) is 12.0. The van der Waals surface area contributed by atoms with Crippen LogP contribution >= 0.6 is 11.6 Å². The molecule has 0 saturated carbocycles. The minimum atomic E-state index is 0.0884. The van der Waals surface area contributed by atoms with Crippen LogP contribution < -0.4 is 4.90 Å². The van der Waals surface area contributed by atoms with Crippen LogP contribution in [0.1, 0.15) is 6.92 Å². The van der Waals surface area contributed by atoms with Crippen molar-refractivity contribution < 1.29 is 9.59 Å². The van der Waals surface area contributed by atoms with Crippen molar-refractivity contribution in [3.8, 4) is 0 Å². The number of carbonyl (C=O) groups is 2. The number of anilines is 1. The molecule has 0 aliphatic carbocycles. The molecule has 2 fully saturated rings. The summed E-state index contributed by atoms with van der Waals surface area (Å²) in [7, 11) is 0. The summed E-state index contributed by atoms with van der Waals surface area (Å²) < 4.78 is 0. The van der Waals surface area contributed by atoms with E-state index >= 15 is 0 Å². The first-order valence-electron chi connectivity index (χ1n) is 8.79. The summed E-state index contributed by atoms with van der Waals surface area (Å²) in [6.45, 7) is 8.19. The van der Waals surface area contributed by atoms with Crippen LogP contribution in [0.2, 0.25) is 5.02 Å². The van der Waals surface area contributed by atoms with Crippen molar-refractivity contribution in [2.45, 2.75) is 6.92 Å². The van der Waals surface area contributed by atoms with Gasteiger partial charge in [-0.15, -0.1) is 0 Å². The van der Waals surface area contributed by atoms with E-state index in [1.807, 2.05) is 29.2 Å². The lowest BCUT2D eigenvalue weighted by atomic mass is 10.2. The van der Waals surface area contributed by atoms with Crippen LogP contribution in [0.25, 0.3) is 0 Å². The molecule has 0 N–H and O–H groups in total. The Morgan fingerprint density at radius 3 is 2.00 bits per heavy atom. The lowest BCUT2D eigenvalue weighted by Gasteiger charge is -2.38. The van der Waals surface area contributed by atoms with Crippen LogP contribution in [0, 0.1) is 0 Å². The van der Waals surface area contributed by atoms with Gasteiger partial charge in [0.1, 0.15) is 0 Å². The Kier molecular flexibility index (Phi) is 5.81. The number of benzene rings is 1. The van der Waals surface area contributed by atoms with Gasteiger partial charge in [0.05, 0.1) is 6.54 Å². The van der Waals surface area contributed by atoms with Gasteiger partial charge >= 0.3 is 0 Å². The van der Waals surface area contributed by atoms with Crippen LogP contribution in [-0.4, -0.2) is 85.4 Å². The van der Waals surface area contributed by atoms with Crippen molar-refractivity contribution in [1.29, 1.82) is 0 Å². The number of amides is 2. The molecule has 136 valence electrons. The van der Waals surface area contributed by atoms with E-state index in [4.69, 9.17) is 11.6 Å². The molecule has 1 aromatic rings. The SMILES string of the molecule is CC(=O)N1CCN(C(=O)CN2CCN(c3ccc(Cl)cc3)CC2)CC1. The number of hydrogen-bond acceptors (Lipinski definition) is 4. The van der Waals surface area contributed by atoms with Gasteiger partial charge < -0.3 is 14.7 Å². The fourth-order valence-corrected chi connectivity index (χ4v) is 3.50. The van der Waals surface area contributed by atoms with Gasteiger partial charge in [-0.25, -0.2) is 0 Å². The molecule has 0 spiro atoms. The molecule has 2 aliphatic heterocycles. The smallest absolute Gasteiger partial charge is 0.236 e. The number of piperazine rings is 2. The van der Waals surface area contributed by atoms with Crippen molar-refractivity contribution in [3.05, 3.63) is 29.3 Å². The maximum atomic E-state index is 12.5. The average molecular weight is 365 g/mol. The molecule has 1 aromatic carbocycles. The maximum absolute atomic E-state index is 12.5. The number of halogens is 1. The van der Waals surface area contributed by atoms with Crippen LogP contribution in [0.3, 0.4) is 0 Å². The minimum absolute atomic E-state index is 0.0884. The summed E-state index contributed by atoms with van der Waals surface area (Å²) in [5, 5.41) is 0.748. The Bertz CT molecular complexity index is 606. The normalized spacial score (nSPS) is 19.2. The van der Waals surface area contributed by atoms with E-state index in [1.54, 1.807) is 11.8 Å². The molecule has 6 nitrogen and oxygen atoms in total. The largest absolute Gasteiger partial charge is 0.369 e. The molecule has 3 rings (SSSR count). The fraction of sp³-hybridized carbons (Fsp3) is 0.556. The summed E-state index contributed by atoms with van der Waals surface area (Å²) in [6.07, 6.45) is 0. The molecule has 0 unspecified atom stereocenters. The average Bonchev–Trinajstić information content (AvgIpc) is 2.63. The van der Waals surface area contributed by atoms with Crippen molar-refractivity contribution in [1.82, 2.24) is 14.7 Å². The monoisotopic (exact) mass is 364 g/mol. The number of hydrogen-bond donors (Lipinski definition) is 0. The van der Waals surface area contributed by atoms with E-state index in [0.717, 1.165) is 31.2 Å². The zero-order chi connectivity index (χ0) is 17.8. The number of nitrogens with zero attached hydrogens (tertiary/aromatic N) is 4. The Labute approximate surface area is 153 Å². The van der Waals surface area contributed by atoms with Gasteiger partial charge in [-0.3, -0.25) is 14.5 Å². The molecule has 2 aliphatic rings. The molecule has 2 heterocycles. The quantitative estimate of drug-likeness (QED) is 0.807. The molecular weight excluding hydrogens is 340 g/mol. The van der Waals surface area contributed by atoms with E-state index in [-0.39, 0.29) is 11.8 Å². The van der Waals surface area contributed by atoms with Crippen LogP contribution in [0.4, 0.5) is 5.69 Å². The second kappa shape index (κ2) is 8.06. The Morgan fingerprint density at radius 2 is 1.44 bits per heavy atom. The van der Waals surface area contributed by atoms with Crippen LogP contribution in [-0.2, 0) is 9.59 Å². The molecule has 0 bridgehead atoms. The topological polar surface area (TPSA) is 47.1 Å². The highest BCUT2D eigenvalue weighted by atomic mass is 35.5. The van der Waals surface area contributed by atoms with E-state index < -0.39 is 0 Å². The van der Waals surface area contributed by atoms with Gasteiger partial charge in [0, 0.05) is 70.0 Å². The third kappa shape index (κ3) is 4.64. The zero-order valence-corrected chi connectivity index (χ0v) is 15.4. The van der Waals surface area contributed by atoms with Gasteiger partial charge in [0.2, 0.25) is 11.8 Å². The highest BCUT2D eigenvalue weighted by Gasteiger charge is 2.25. The summed E-state index contributed by atoms with van der Waals surface area (Å²) in [5.41, 5.74) is 1.18. The molecule has 7 heteroatoms. The Morgan fingerprint density at radius 1 is 0.880 bits per heavy atom. The van der Waals surface area contributed by atoms with Crippen molar-refractivity contribution in [2.24, 2.45) is 0 Å². The summed E-state index contributed by atoms with van der Waals surface area (Å²) in [4.78, 5) is 32.1. The zero-order valence-electron chi connectivity index (χ0n) is 14.7. The van der Waals surface area contributed by atoms with Gasteiger partial charge in [-0.05, 0) is 24.3 Å². The molecule has 0 atom stereocenters. The van der Waals surface area contributed by atoms with Gasteiger partial charge in [-0.2, -0.15) is 0 Å². The molecule has 0 aromatic heterocycles. The number of carbonyl (C=O) groups excluding carboxylic acids is 2. The van der Waals surface area contributed by atoms with Gasteiger partial charge in [0.25, 0.3) is 0 Å². The molecule has 25 heavy (non-hydrogen) atoms. The molecular formula is C18H25ClN4O2. The first kappa shape index (κ1) is 18.0. The first-order valence-corrected chi connectivity index (χ1v) is 9.17. The van der Waals surface area contributed by atoms with E-state index in [0.29, 0.717) is 32.7 Å². The Balaban J connectivity index is 1.43. The molecule has 2 saturated heterocycles. The molecule has 0 radical (unpaired) electrons. The second-order valence-electron chi connectivity index (χ2n) is 6.63. The van der Waals surface area contributed by atoms with Crippen LogP contribution in [0.5, 0.6) is 0 Å². The Hall–Kier alpha value is -1.79. The lowest BCUT2D eigenvalue weighted by Crippen LogP contribution is -2.54. The maximum Gasteiger partial charge on any atom is 0.236 e.